The van der Waals surface area contributed by atoms with Gasteiger partial charge in [0.25, 0.3) is 0 Å². The highest BCUT2D eigenvalue weighted by molar-refractivity contribution is 7.99. The zero-order valence-corrected chi connectivity index (χ0v) is 14.6. The minimum absolute atomic E-state index is 0.0542. The van der Waals surface area contributed by atoms with E-state index in [-0.39, 0.29) is 5.91 Å². The van der Waals surface area contributed by atoms with Gasteiger partial charge in [-0.25, -0.2) is 0 Å². The maximum Gasteiger partial charge on any atom is 0.234 e. The minimum atomic E-state index is 0.0542. The van der Waals surface area contributed by atoms with E-state index in [1.807, 2.05) is 30.3 Å². The second-order valence-electron chi connectivity index (χ2n) is 5.96. The summed E-state index contributed by atoms with van der Waals surface area (Å²) in [6.45, 7) is 2.15. The normalized spacial score (nSPS) is 14.4. The van der Waals surface area contributed by atoms with Crippen LogP contribution in [-0.4, -0.2) is 29.7 Å². The van der Waals surface area contributed by atoms with Crippen molar-refractivity contribution < 1.29 is 4.79 Å². The van der Waals surface area contributed by atoms with Crippen LogP contribution in [0, 0.1) is 0 Å². The van der Waals surface area contributed by atoms with Gasteiger partial charge >= 0.3 is 0 Å². The molecule has 0 atom stereocenters. The van der Waals surface area contributed by atoms with Gasteiger partial charge in [0.05, 0.1) is 17.1 Å². The van der Waals surface area contributed by atoms with Crippen molar-refractivity contribution in [2.75, 3.05) is 29.1 Å². The Morgan fingerprint density at radius 1 is 1.08 bits per heavy atom. The number of rotatable bonds is 6. The number of nitrogens with zero attached hydrogens (tertiary/aromatic N) is 2. The second-order valence-corrected chi connectivity index (χ2v) is 6.95. The quantitative estimate of drug-likeness (QED) is 0.864. The standard InChI is InChI=1S/C19H23N3OS/c23-19(15-24-14-16-8-10-20-11-9-16)21-17-6-2-3-7-18(17)22-12-4-1-5-13-22/h2-3,6-11H,1,4-5,12-15H2,(H,21,23). The van der Waals surface area contributed by atoms with Crippen molar-refractivity contribution in [1.29, 1.82) is 0 Å². The van der Waals surface area contributed by atoms with Crippen molar-refractivity contribution in [3.63, 3.8) is 0 Å². The Morgan fingerprint density at radius 2 is 1.83 bits per heavy atom. The molecule has 1 aromatic carbocycles. The third-order valence-electron chi connectivity index (χ3n) is 4.13. The van der Waals surface area contributed by atoms with Gasteiger partial charge < -0.3 is 10.2 Å². The van der Waals surface area contributed by atoms with Crippen LogP contribution in [0.15, 0.2) is 48.8 Å². The number of nitrogens with one attached hydrogen (secondary N) is 1. The molecule has 1 amide bonds. The lowest BCUT2D eigenvalue weighted by Crippen LogP contribution is -2.30. The van der Waals surface area contributed by atoms with E-state index in [0.29, 0.717) is 5.75 Å². The number of carbonyl (C=O) groups excluding carboxylic acids is 1. The number of hydrogen-bond donors (Lipinski definition) is 1. The Bertz CT molecular complexity index is 657. The fraction of sp³-hybridized carbons (Fsp3) is 0.368. The Labute approximate surface area is 147 Å². The summed E-state index contributed by atoms with van der Waals surface area (Å²) in [5.41, 5.74) is 3.26. The fourth-order valence-corrected chi connectivity index (χ4v) is 3.70. The molecule has 3 rings (SSSR count). The monoisotopic (exact) mass is 341 g/mol. The molecule has 0 bridgehead atoms. The number of piperidine rings is 1. The third-order valence-corrected chi connectivity index (χ3v) is 5.13. The highest BCUT2D eigenvalue weighted by Crippen LogP contribution is 2.28. The molecule has 1 N–H and O–H groups in total. The summed E-state index contributed by atoms with van der Waals surface area (Å²) < 4.78 is 0. The first-order valence-corrected chi connectivity index (χ1v) is 9.59. The van der Waals surface area contributed by atoms with Gasteiger partial charge in [0.2, 0.25) is 5.91 Å². The molecular weight excluding hydrogens is 318 g/mol. The summed E-state index contributed by atoms with van der Waals surface area (Å²) in [5.74, 6) is 1.33. The van der Waals surface area contributed by atoms with Crippen LogP contribution in [0.4, 0.5) is 11.4 Å². The van der Waals surface area contributed by atoms with Crippen LogP contribution in [0.25, 0.3) is 0 Å². The lowest BCUT2D eigenvalue weighted by atomic mass is 10.1. The lowest BCUT2D eigenvalue weighted by Gasteiger charge is -2.30. The van der Waals surface area contributed by atoms with Crippen molar-refractivity contribution in [3.8, 4) is 0 Å². The molecule has 1 fully saturated rings. The van der Waals surface area contributed by atoms with Crippen molar-refractivity contribution in [3.05, 3.63) is 54.4 Å². The highest BCUT2D eigenvalue weighted by atomic mass is 32.2. The number of thioether (sulfide) groups is 1. The summed E-state index contributed by atoms with van der Waals surface area (Å²) >= 11 is 1.62. The van der Waals surface area contributed by atoms with Crippen LogP contribution in [0.2, 0.25) is 0 Å². The lowest BCUT2D eigenvalue weighted by molar-refractivity contribution is -0.113. The van der Waals surface area contributed by atoms with Gasteiger partial charge in [0.15, 0.2) is 0 Å². The molecule has 0 saturated carbocycles. The van der Waals surface area contributed by atoms with Crippen molar-refractivity contribution >= 4 is 29.0 Å². The Hall–Kier alpha value is -2.01. The van der Waals surface area contributed by atoms with E-state index in [0.717, 1.165) is 30.2 Å². The Morgan fingerprint density at radius 3 is 2.62 bits per heavy atom. The molecule has 1 saturated heterocycles. The molecule has 0 unspecified atom stereocenters. The number of hydrogen-bond acceptors (Lipinski definition) is 4. The molecule has 126 valence electrons. The minimum Gasteiger partial charge on any atom is -0.370 e. The van der Waals surface area contributed by atoms with Gasteiger partial charge in [-0.05, 0) is 49.1 Å². The van der Waals surface area contributed by atoms with Gasteiger partial charge in [-0.2, -0.15) is 0 Å². The number of amides is 1. The number of aromatic nitrogens is 1. The number of carbonyl (C=O) groups is 1. The molecule has 24 heavy (non-hydrogen) atoms. The van der Waals surface area contributed by atoms with E-state index >= 15 is 0 Å². The smallest absolute Gasteiger partial charge is 0.234 e. The van der Waals surface area contributed by atoms with E-state index in [9.17, 15) is 4.79 Å². The van der Waals surface area contributed by atoms with Crippen molar-refractivity contribution in [1.82, 2.24) is 4.98 Å². The summed E-state index contributed by atoms with van der Waals surface area (Å²) in [7, 11) is 0. The Kier molecular flexibility index (Phi) is 6.13. The highest BCUT2D eigenvalue weighted by Gasteiger charge is 2.15. The van der Waals surface area contributed by atoms with Gasteiger partial charge in [-0.15, -0.1) is 11.8 Å². The van der Waals surface area contributed by atoms with E-state index < -0.39 is 0 Å². The van der Waals surface area contributed by atoms with Crippen LogP contribution >= 0.6 is 11.8 Å². The summed E-state index contributed by atoms with van der Waals surface area (Å²) in [6.07, 6.45) is 7.32. The molecule has 0 aliphatic carbocycles. The predicted molar refractivity (Wildman–Crippen MR) is 102 cm³/mol. The Balaban J connectivity index is 1.54. The van der Waals surface area contributed by atoms with Gasteiger partial charge in [-0.3, -0.25) is 9.78 Å². The summed E-state index contributed by atoms with van der Waals surface area (Å²) in [6, 6.07) is 12.1. The zero-order chi connectivity index (χ0) is 16.6. The topological polar surface area (TPSA) is 45.2 Å². The first-order valence-electron chi connectivity index (χ1n) is 8.43. The molecule has 0 radical (unpaired) electrons. The molecule has 2 aromatic rings. The fourth-order valence-electron chi connectivity index (χ4n) is 2.92. The first-order chi connectivity index (χ1) is 11.8. The molecule has 1 aliphatic heterocycles. The molecule has 1 aliphatic rings. The van der Waals surface area contributed by atoms with Gasteiger partial charge in [-0.1, -0.05) is 12.1 Å². The molecule has 0 spiro atoms. The number of pyridine rings is 1. The molecule has 2 heterocycles. The third kappa shape index (κ3) is 4.74. The average molecular weight is 341 g/mol. The predicted octanol–water partition coefficient (Wildman–Crippen LogP) is 3.94. The zero-order valence-electron chi connectivity index (χ0n) is 13.8. The SMILES string of the molecule is O=C(CSCc1ccncc1)Nc1ccccc1N1CCCCC1. The first kappa shape index (κ1) is 16.8. The van der Waals surface area contributed by atoms with E-state index in [1.165, 1.54) is 24.8 Å². The number of benzene rings is 1. The summed E-state index contributed by atoms with van der Waals surface area (Å²) in [5, 5.41) is 3.08. The van der Waals surface area contributed by atoms with Crippen LogP contribution in [0.1, 0.15) is 24.8 Å². The van der Waals surface area contributed by atoms with Crippen LogP contribution in [0.3, 0.4) is 0 Å². The molecular formula is C19H23N3OS. The maximum absolute atomic E-state index is 12.3. The van der Waals surface area contributed by atoms with Gasteiger partial charge in [0.1, 0.15) is 0 Å². The van der Waals surface area contributed by atoms with E-state index in [4.69, 9.17) is 0 Å². The number of anilines is 2. The van der Waals surface area contributed by atoms with Gasteiger partial charge in [0, 0.05) is 31.2 Å². The maximum atomic E-state index is 12.3. The van der Waals surface area contributed by atoms with E-state index in [1.54, 1.807) is 24.2 Å². The summed E-state index contributed by atoms with van der Waals surface area (Å²) in [4.78, 5) is 18.7. The van der Waals surface area contributed by atoms with E-state index in [2.05, 4.69) is 21.3 Å². The average Bonchev–Trinajstić information content (AvgIpc) is 2.64. The number of para-hydroxylation sites is 2. The largest absolute Gasteiger partial charge is 0.370 e. The molecule has 5 heteroatoms. The van der Waals surface area contributed by atoms with Crippen LogP contribution in [-0.2, 0) is 10.5 Å². The van der Waals surface area contributed by atoms with Crippen molar-refractivity contribution in [2.45, 2.75) is 25.0 Å². The van der Waals surface area contributed by atoms with Crippen LogP contribution < -0.4 is 10.2 Å². The molecule has 1 aromatic heterocycles. The molecule has 4 nitrogen and oxygen atoms in total. The van der Waals surface area contributed by atoms with Crippen molar-refractivity contribution in [2.24, 2.45) is 0 Å². The van der Waals surface area contributed by atoms with Crippen LogP contribution in [0.5, 0.6) is 0 Å². The second kappa shape index (κ2) is 8.73.